The van der Waals surface area contributed by atoms with Crippen LogP contribution in [-0.2, 0) is 9.59 Å². The number of amides is 1. The van der Waals surface area contributed by atoms with Crippen molar-refractivity contribution in [1.29, 1.82) is 0 Å². The fourth-order valence-electron chi connectivity index (χ4n) is 1.71. The highest BCUT2D eigenvalue weighted by atomic mass is 35.5. The first-order chi connectivity index (χ1) is 9.61. The third-order valence-electron chi connectivity index (χ3n) is 2.88. The van der Waals surface area contributed by atoms with Gasteiger partial charge in [-0.25, -0.2) is 4.79 Å². The average molecular weight is 314 g/mol. The Labute approximate surface area is 129 Å². The molecule has 0 aliphatic heterocycles. The zero-order chi connectivity index (χ0) is 16.2. The van der Waals surface area contributed by atoms with Gasteiger partial charge in [-0.2, -0.15) is 0 Å². The van der Waals surface area contributed by atoms with E-state index in [0.717, 1.165) is 0 Å². The van der Waals surface area contributed by atoms with Crippen molar-refractivity contribution in [3.05, 3.63) is 29.3 Å². The molecule has 0 fully saturated rings. The summed E-state index contributed by atoms with van der Waals surface area (Å²) in [5.41, 5.74) is -0.600. The number of aliphatic carboxylic acids is 1. The van der Waals surface area contributed by atoms with Crippen molar-refractivity contribution >= 4 is 23.5 Å². The van der Waals surface area contributed by atoms with Gasteiger partial charge in [0.25, 0.3) is 5.91 Å². The van der Waals surface area contributed by atoms with Crippen molar-refractivity contribution in [3.8, 4) is 5.75 Å². The third kappa shape index (κ3) is 5.27. The Hall–Kier alpha value is -1.75. The van der Waals surface area contributed by atoms with E-state index in [1.54, 1.807) is 52.0 Å². The Bertz CT molecular complexity index is 525. The first kappa shape index (κ1) is 17.3. The number of carbonyl (C=O) groups excluding carboxylic acids is 1. The van der Waals surface area contributed by atoms with Gasteiger partial charge in [0, 0.05) is 5.02 Å². The van der Waals surface area contributed by atoms with Crippen LogP contribution in [0.25, 0.3) is 0 Å². The van der Waals surface area contributed by atoms with Crippen LogP contribution < -0.4 is 10.1 Å². The SMILES string of the molecule is CC(Oc1cccc(Cl)c1)C(=O)N[C@H](C(=O)O)C(C)(C)C. The van der Waals surface area contributed by atoms with Crippen LogP contribution >= 0.6 is 11.6 Å². The average Bonchev–Trinajstić information content (AvgIpc) is 2.33. The van der Waals surface area contributed by atoms with Gasteiger partial charge in [0.2, 0.25) is 0 Å². The second kappa shape index (κ2) is 6.80. The topological polar surface area (TPSA) is 75.6 Å². The van der Waals surface area contributed by atoms with Crippen molar-refractivity contribution < 1.29 is 19.4 Å². The Morgan fingerprint density at radius 3 is 2.43 bits per heavy atom. The number of carboxylic acid groups (broad SMARTS) is 1. The molecule has 0 spiro atoms. The molecule has 0 bridgehead atoms. The number of ether oxygens (including phenoxy) is 1. The molecule has 2 N–H and O–H groups in total. The summed E-state index contributed by atoms with van der Waals surface area (Å²) >= 11 is 5.84. The number of hydrogen-bond donors (Lipinski definition) is 2. The first-order valence-corrected chi connectivity index (χ1v) is 6.94. The van der Waals surface area contributed by atoms with Gasteiger partial charge in [-0.3, -0.25) is 4.79 Å². The molecule has 6 heteroatoms. The third-order valence-corrected chi connectivity index (χ3v) is 3.11. The van der Waals surface area contributed by atoms with Crippen LogP contribution in [0.2, 0.25) is 5.02 Å². The molecule has 0 radical (unpaired) electrons. The van der Waals surface area contributed by atoms with E-state index in [4.69, 9.17) is 16.3 Å². The summed E-state index contributed by atoms with van der Waals surface area (Å²) in [6.45, 7) is 6.79. The zero-order valence-electron chi connectivity index (χ0n) is 12.5. The zero-order valence-corrected chi connectivity index (χ0v) is 13.3. The molecule has 1 aromatic carbocycles. The van der Waals surface area contributed by atoms with E-state index < -0.39 is 29.4 Å². The number of halogens is 1. The van der Waals surface area contributed by atoms with E-state index in [-0.39, 0.29) is 0 Å². The number of rotatable bonds is 5. The Balaban J connectivity index is 2.72. The van der Waals surface area contributed by atoms with Gasteiger partial charge >= 0.3 is 5.97 Å². The number of hydrogen-bond acceptors (Lipinski definition) is 3. The summed E-state index contributed by atoms with van der Waals surface area (Å²) in [4.78, 5) is 23.3. The predicted octanol–water partition coefficient (Wildman–Crippen LogP) is 2.72. The minimum Gasteiger partial charge on any atom is -0.481 e. The molecule has 1 unspecified atom stereocenters. The summed E-state index contributed by atoms with van der Waals surface area (Å²) in [6, 6.07) is 5.67. The quantitative estimate of drug-likeness (QED) is 0.876. The van der Waals surface area contributed by atoms with Crippen molar-refractivity contribution in [3.63, 3.8) is 0 Å². The summed E-state index contributed by atoms with van der Waals surface area (Å²) in [7, 11) is 0. The van der Waals surface area contributed by atoms with Gasteiger partial charge in [0.05, 0.1) is 0 Å². The first-order valence-electron chi connectivity index (χ1n) is 6.56. The van der Waals surface area contributed by atoms with Gasteiger partial charge in [0.1, 0.15) is 11.8 Å². The smallest absolute Gasteiger partial charge is 0.326 e. The highest BCUT2D eigenvalue weighted by Crippen LogP contribution is 2.21. The molecule has 1 rings (SSSR count). The maximum atomic E-state index is 12.1. The van der Waals surface area contributed by atoms with Crippen molar-refractivity contribution in [2.75, 3.05) is 0 Å². The van der Waals surface area contributed by atoms with E-state index in [1.165, 1.54) is 0 Å². The minimum absolute atomic E-state index is 0.452. The molecule has 0 heterocycles. The van der Waals surface area contributed by atoms with Gasteiger partial charge in [-0.15, -0.1) is 0 Å². The van der Waals surface area contributed by atoms with Crippen LogP contribution in [0.15, 0.2) is 24.3 Å². The van der Waals surface area contributed by atoms with Crippen molar-refractivity contribution in [2.45, 2.75) is 39.8 Å². The standard InChI is InChI=1S/C15H20ClNO4/c1-9(21-11-7-5-6-10(16)8-11)13(18)17-12(14(19)20)15(2,3)4/h5-9,12H,1-4H3,(H,17,18)(H,19,20)/t9?,12-/m1/s1. The number of carbonyl (C=O) groups is 2. The highest BCUT2D eigenvalue weighted by Gasteiger charge is 2.33. The van der Waals surface area contributed by atoms with E-state index in [0.29, 0.717) is 10.8 Å². The van der Waals surface area contributed by atoms with E-state index in [1.807, 2.05) is 0 Å². The molecular weight excluding hydrogens is 294 g/mol. The molecule has 0 aromatic heterocycles. The lowest BCUT2D eigenvalue weighted by atomic mass is 9.86. The van der Waals surface area contributed by atoms with Crippen LogP contribution in [0.1, 0.15) is 27.7 Å². The summed E-state index contributed by atoms with van der Waals surface area (Å²) in [5, 5.41) is 12.2. The Morgan fingerprint density at radius 2 is 1.95 bits per heavy atom. The summed E-state index contributed by atoms with van der Waals surface area (Å²) < 4.78 is 5.46. The Morgan fingerprint density at radius 1 is 1.33 bits per heavy atom. The van der Waals surface area contributed by atoms with Crippen LogP contribution in [0, 0.1) is 5.41 Å². The van der Waals surface area contributed by atoms with Gasteiger partial charge in [-0.1, -0.05) is 38.4 Å². The van der Waals surface area contributed by atoms with Crippen LogP contribution in [0.5, 0.6) is 5.75 Å². The van der Waals surface area contributed by atoms with E-state index >= 15 is 0 Å². The van der Waals surface area contributed by atoms with Crippen molar-refractivity contribution in [1.82, 2.24) is 5.32 Å². The second-order valence-electron chi connectivity index (χ2n) is 5.86. The molecular formula is C15H20ClNO4. The van der Waals surface area contributed by atoms with Crippen LogP contribution in [-0.4, -0.2) is 29.1 Å². The Kier molecular flexibility index (Phi) is 5.61. The lowest BCUT2D eigenvalue weighted by Gasteiger charge is -2.28. The molecule has 116 valence electrons. The summed E-state index contributed by atoms with van der Waals surface area (Å²) in [6.07, 6.45) is -0.826. The lowest BCUT2D eigenvalue weighted by molar-refractivity contribution is -0.146. The minimum atomic E-state index is -1.08. The van der Waals surface area contributed by atoms with Crippen LogP contribution in [0.4, 0.5) is 0 Å². The molecule has 21 heavy (non-hydrogen) atoms. The van der Waals surface area contributed by atoms with Crippen molar-refractivity contribution in [2.24, 2.45) is 5.41 Å². The van der Waals surface area contributed by atoms with Crippen LogP contribution in [0.3, 0.4) is 0 Å². The van der Waals surface area contributed by atoms with Gasteiger partial charge < -0.3 is 15.2 Å². The fourth-order valence-corrected chi connectivity index (χ4v) is 1.89. The van der Waals surface area contributed by atoms with Gasteiger partial charge in [0.15, 0.2) is 6.10 Å². The fraction of sp³-hybridized carbons (Fsp3) is 0.467. The molecule has 5 nitrogen and oxygen atoms in total. The molecule has 0 saturated carbocycles. The maximum Gasteiger partial charge on any atom is 0.326 e. The van der Waals surface area contributed by atoms with E-state index in [9.17, 15) is 14.7 Å². The monoisotopic (exact) mass is 313 g/mol. The molecule has 0 aliphatic rings. The largest absolute Gasteiger partial charge is 0.481 e. The molecule has 0 aliphatic carbocycles. The number of benzene rings is 1. The molecule has 1 aromatic rings. The normalized spacial score (nSPS) is 14.1. The maximum absolute atomic E-state index is 12.1. The molecule has 1 amide bonds. The molecule has 0 saturated heterocycles. The highest BCUT2D eigenvalue weighted by molar-refractivity contribution is 6.30. The summed E-state index contributed by atoms with van der Waals surface area (Å²) in [5.74, 6) is -1.11. The number of carboxylic acids is 1. The predicted molar refractivity (Wildman–Crippen MR) is 80.6 cm³/mol. The van der Waals surface area contributed by atoms with E-state index in [2.05, 4.69) is 5.32 Å². The lowest BCUT2D eigenvalue weighted by Crippen LogP contribution is -2.52. The molecule has 2 atom stereocenters. The second-order valence-corrected chi connectivity index (χ2v) is 6.30. The van der Waals surface area contributed by atoms with Gasteiger partial charge in [-0.05, 0) is 30.5 Å². The number of nitrogens with one attached hydrogen (secondary N) is 1.